The van der Waals surface area contributed by atoms with Crippen LogP contribution in [0.1, 0.15) is 78.0 Å². The summed E-state index contributed by atoms with van der Waals surface area (Å²) < 4.78 is 5.31. The fraction of sp³-hybridized carbons (Fsp3) is 0.419. The SMILES string of the molecule is CC(C)(C)OC(=O)NCc1ccc(-c2cc(-c3ccc4c(c3)C(C)(C)CCC4(C)C)ccn2)cc1. The Balaban J connectivity index is 1.54. The zero-order chi connectivity index (χ0) is 25.4. The third-order valence-electron chi connectivity index (χ3n) is 7.03. The number of benzene rings is 2. The van der Waals surface area contributed by atoms with Crippen LogP contribution >= 0.6 is 0 Å². The van der Waals surface area contributed by atoms with E-state index in [0.717, 1.165) is 16.8 Å². The monoisotopic (exact) mass is 470 g/mol. The molecule has 0 saturated heterocycles. The van der Waals surface area contributed by atoms with Crippen LogP contribution in [0.15, 0.2) is 60.8 Å². The van der Waals surface area contributed by atoms with Gasteiger partial charge in [0, 0.05) is 18.3 Å². The van der Waals surface area contributed by atoms with Crippen molar-refractivity contribution in [3.05, 3.63) is 77.5 Å². The van der Waals surface area contributed by atoms with E-state index in [1.165, 1.54) is 35.1 Å². The normalized spacial score (nSPS) is 16.3. The molecule has 4 rings (SSSR count). The molecule has 0 saturated carbocycles. The zero-order valence-electron chi connectivity index (χ0n) is 22.2. The number of amides is 1. The molecule has 184 valence electrons. The van der Waals surface area contributed by atoms with Crippen LogP contribution in [0.3, 0.4) is 0 Å². The number of pyridine rings is 1. The zero-order valence-corrected chi connectivity index (χ0v) is 22.2. The number of nitrogens with one attached hydrogen (secondary N) is 1. The van der Waals surface area contributed by atoms with Crippen LogP contribution in [0.2, 0.25) is 0 Å². The quantitative estimate of drug-likeness (QED) is 0.423. The molecule has 1 aromatic heterocycles. The number of aromatic nitrogens is 1. The van der Waals surface area contributed by atoms with Crippen molar-refractivity contribution in [2.45, 2.75) is 84.3 Å². The Kier molecular flexibility index (Phi) is 6.52. The van der Waals surface area contributed by atoms with E-state index in [1.807, 2.05) is 39.1 Å². The van der Waals surface area contributed by atoms with Crippen molar-refractivity contribution in [2.24, 2.45) is 0 Å². The molecule has 4 nitrogen and oxygen atoms in total. The summed E-state index contributed by atoms with van der Waals surface area (Å²) >= 11 is 0. The van der Waals surface area contributed by atoms with E-state index < -0.39 is 11.7 Å². The highest BCUT2D eigenvalue weighted by atomic mass is 16.6. The van der Waals surface area contributed by atoms with Crippen molar-refractivity contribution in [1.82, 2.24) is 10.3 Å². The molecule has 35 heavy (non-hydrogen) atoms. The van der Waals surface area contributed by atoms with E-state index in [1.54, 1.807) is 0 Å². The summed E-state index contributed by atoms with van der Waals surface area (Å²) in [6.07, 6.45) is 3.90. The number of ether oxygens (including phenoxy) is 1. The second-order valence-corrected chi connectivity index (χ2v) is 12.0. The molecular weight excluding hydrogens is 432 g/mol. The number of fused-ring (bicyclic) bond motifs is 1. The van der Waals surface area contributed by atoms with Gasteiger partial charge in [0.15, 0.2) is 0 Å². The maximum atomic E-state index is 11.9. The van der Waals surface area contributed by atoms with E-state index in [9.17, 15) is 4.79 Å². The number of carbonyl (C=O) groups excluding carboxylic acids is 1. The van der Waals surface area contributed by atoms with Gasteiger partial charge in [0.05, 0.1) is 5.69 Å². The minimum atomic E-state index is -0.505. The molecule has 0 radical (unpaired) electrons. The highest BCUT2D eigenvalue weighted by Gasteiger charge is 2.37. The van der Waals surface area contributed by atoms with Gasteiger partial charge in [0.1, 0.15) is 5.60 Å². The Hall–Kier alpha value is -3.14. The van der Waals surface area contributed by atoms with Gasteiger partial charge in [-0.25, -0.2) is 4.79 Å². The average Bonchev–Trinajstić information content (AvgIpc) is 2.80. The van der Waals surface area contributed by atoms with E-state index in [4.69, 9.17) is 4.74 Å². The van der Waals surface area contributed by atoms with Gasteiger partial charge >= 0.3 is 6.09 Å². The maximum absolute atomic E-state index is 11.9. The minimum Gasteiger partial charge on any atom is -0.444 e. The molecule has 1 amide bonds. The molecule has 0 spiro atoms. The second-order valence-electron chi connectivity index (χ2n) is 12.0. The summed E-state index contributed by atoms with van der Waals surface area (Å²) in [6, 6.07) is 19.4. The molecule has 1 heterocycles. The molecule has 3 aromatic rings. The molecule has 1 aliphatic carbocycles. The Morgan fingerprint density at radius 3 is 2.11 bits per heavy atom. The fourth-order valence-corrected chi connectivity index (χ4v) is 4.82. The topological polar surface area (TPSA) is 51.2 Å². The lowest BCUT2D eigenvalue weighted by atomic mass is 9.63. The van der Waals surface area contributed by atoms with Gasteiger partial charge in [-0.1, -0.05) is 70.2 Å². The summed E-state index contributed by atoms with van der Waals surface area (Å²) in [6.45, 7) is 15.4. The molecule has 4 heteroatoms. The van der Waals surface area contributed by atoms with E-state index >= 15 is 0 Å². The molecule has 1 N–H and O–H groups in total. The van der Waals surface area contributed by atoms with Crippen molar-refractivity contribution >= 4 is 6.09 Å². The number of rotatable bonds is 4. The van der Waals surface area contributed by atoms with Crippen LogP contribution in [0.5, 0.6) is 0 Å². The van der Waals surface area contributed by atoms with Crippen molar-refractivity contribution in [2.75, 3.05) is 0 Å². The van der Waals surface area contributed by atoms with Gasteiger partial charge in [-0.3, -0.25) is 4.98 Å². The Morgan fingerprint density at radius 2 is 1.46 bits per heavy atom. The van der Waals surface area contributed by atoms with Crippen molar-refractivity contribution < 1.29 is 9.53 Å². The van der Waals surface area contributed by atoms with Gasteiger partial charge in [0.2, 0.25) is 0 Å². The minimum absolute atomic E-state index is 0.180. The summed E-state index contributed by atoms with van der Waals surface area (Å²) in [7, 11) is 0. The van der Waals surface area contributed by atoms with Crippen molar-refractivity contribution in [1.29, 1.82) is 0 Å². The standard InChI is InChI=1S/C31H38N2O2/c1-29(2,3)35-28(34)33-20-21-8-10-22(11-9-21)27-19-24(14-17-32-27)23-12-13-25-26(18-23)31(6,7)16-15-30(25,4)5/h8-14,17-19H,15-16,20H2,1-7H3,(H,33,34). The molecule has 1 aliphatic rings. The lowest BCUT2D eigenvalue weighted by Gasteiger charge is -2.42. The molecular formula is C31H38N2O2. The molecule has 0 fully saturated rings. The largest absolute Gasteiger partial charge is 0.444 e. The van der Waals surface area contributed by atoms with Crippen molar-refractivity contribution in [3.63, 3.8) is 0 Å². The first-order valence-electron chi connectivity index (χ1n) is 12.5. The van der Waals surface area contributed by atoms with Gasteiger partial charge in [-0.05, 0) is 84.4 Å². The van der Waals surface area contributed by atoms with E-state index in [2.05, 4.69) is 80.5 Å². The highest BCUT2D eigenvalue weighted by Crippen LogP contribution is 2.46. The number of alkyl carbamates (subject to hydrolysis) is 1. The number of hydrogen-bond acceptors (Lipinski definition) is 3. The maximum Gasteiger partial charge on any atom is 0.407 e. The molecule has 0 aliphatic heterocycles. The molecule has 0 bridgehead atoms. The summed E-state index contributed by atoms with van der Waals surface area (Å²) in [5.74, 6) is 0. The van der Waals surface area contributed by atoms with Crippen molar-refractivity contribution in [3.8, 4) is 22.4 Å². The summed E-state index contributed by atoms with van der Waals surface area (Å²) in [4.78, 5) is 16.5. The Labute approximate surface area is 210 Å². The third kappa shape index (κ3) is 5.75. The average molecular weight is 471 g/mol. The number of carbonyl (C=O) groups is 1. The van der Waals surface area contributed by atoms with Crippen LogP contribution in [0.4, 0.5) is 4.79 Å². The lowest BCUT2D eigenvalue weighted by Crippen LogP contribution is -2.33. The first-order chi connectivity index (χ1) is 16.3. The van der Waals surface area contributed by atoms with E-state index in [0.29, 0.717) is 6.54 Å². The van der Waals surface area contributed by atoms with Crippen LogP contribution < -0.4 is 5.32 Å². The molecule has 0 unspecified atom stereocenters. The van der Waals surface area contributed by atoms with Gasteiger partial charge in [-0.2, -0.15) is 0 Å². The number of nitrogens with zero attached hydrogens (tertiary/aromatic N) is 1. The fourth-order valence-electron chi connectivity index (χ4n) is 4.82. The third-order valence-corrected chi connectivity index (χ3v) is 7.03. The lowest BCUT2D eigenvalue weighted by molar-refractivity contribution is 0.0523. The highest BCUT2D eigenvalue weighted by molar-refractivity contribution is 5.72. The second kappa shape index (κ2) is 9.14. The predicted octanol–water partition coefficient (Wildman–Crippen LogP) is 7.79. The van der Waals surface area contributed by atoms with Crippen LogP contribution in [0.25, 0.3) is 22.4 Å². The first kappa shape index (κ1) is 25.0. The summed E-state index contributed by atoms with van der Waals surface area (Å²) in [5.41, 5.74) is 8.23. The van der Waals surface area contributed by atoms with Crippen LogP contribution in [-0.4, -0.2) is 16.7 Å². The first-order valence-corrected chi connectivity index (χ1v) is 12.5. The molecule has 2 aromatic carbocycles. The van der Waals surface area contributed by atoms with Gasteiger partial charge < -0.3 is 10.1 Å². The summed E-state index contributed by atoms with van der Waals surface area (Å²) in [5, 5.41) is 2.81. The Bertz CT molecular complexity index is 1220. The molecule has 0 atom stereocenters. The van der Waals surface area contributed by atoms with Crippen LogP contribution in [0, 0.1) is 0 Å². The van der Waals surface area contributed by atoms with Crippen LogP contribution in [-0.2, 0) is 22.1 Å². The van der Waals surface area contributed by atoms with Gasteiger partial charge in [0.25, 0.3) is 0 Å². The van der Waals surface area contributed by atoms with Gasteiger partial charge in [-0.15, -0.1) is 0 Å². The van der Waals surface area contributed by atoms with E-state index in [-0.39, 0.29) is 10.8 Å². The number of hydrogen-bond donors (Lipinski definition) is 1. The Morgan fingerprint density at radius 1 is 0.857 bits per heavy atom. The predicted molar refractivity (Wildman–Crippen MR) is 143 cm³/mol. The smallest absolute Gasteiger partial charge is 0.407 e.